The number of aromatic nitrogens is 2. The number of methoxy groups -OCH3 is 1. The second-order valence-corrected chi connectivity index (χ2v) is 4.93. The first-order valence-corrected chi connectivity index (χ1v) is 6.76. The Morgan fingerprint density at radius 1 is 1.23 bits per heavy atom. The summed E-state index contributed by atoms with van der Waals surface area (Å²) in [5, 5.41) is 0.577. The maximum atomic E-state index is 12.7. The van der Waals surface area contributed by atoms with E-state index >= 15 is 0 Å². The Morgan fingerprint density at radius 3 is 2.77 bits per heavy atom. The van der Waals surface area contributed by atoms with Crippen LogP contribution in [0, 0.1) is 6.92 Å². The summed E-state index contributed by atoms with van der Waals surface area (Å²) in [7, 11) is 1.50. The van der Waals surface area contributed by atoms with Gasteiger partial charge < -0.3 is 4.74 Å². The Kier molecular flexibility index (Phi) is 3.47. The SMILES string of the molecule is COc1ccc(-n2cnc3cccc(C)c3c2=O)cc1C=O. The van der Waals surface area contributed by atoms with Gasteiger partial charge in [0.15, 0.2) is 6.29 Å². The number of aryl methyl sites for hydroxylation is 1. The number of carbonyl (C=O) groups is 1. The summed E-state index contributed by atoms with van der Waals surface area (Å²) < 4.78 is 6.54. The maximum Gasteiger partial charge on any atom is 0.266 e. The monoisotopic (exact) mass is 294 g/mol. The second-order valence-electron chi connectivity index (χ2n) is 4.93. The number of rotatable bonds is 3. The third kappa shape index (κ3) is 2.16. The molecule has 0 saturated carbocycles. The molecule has 0 spiro atoms. The zero-order chi connectivity index (χ0) is 15.7. The molecule has 5 nitrogen and oxygen atoms in total. The van der Waals surface area contributed by atoms with E-state index in [1.54, 1.807) is 24.3 Å². The normalized spacial score (nSPS) is 10.6. The van der Waals surface area contributed by atoms with Crippen LogP contribution in [0.1, 0.15) is 15.9 Å². The van der Waals surface area contributed by atoms with Crippen LogP contribution < -0.4 is 10.3 Å². The summed E-state index contributed by atoms with van der Waals surface area (Å²) in [6, 6.07) is 10.5. The van der Waals surface area contributed by atoms with Gasteiger partial charge in [0, 0.05) is 0 Å². The third-order valence-electron chi connectivity index (χ3n) is 3.61. The van der Waals surface area contributed by atoms with Gasteiger partial charge in [-0.1, -0.05) is 12.1 Å². The van der Waals surface area contributed by atoms with E-state index in [1.165, 1.54) is 18.0 Å². The van der Waals surface area contributed by atoms with E-state index in [-0.39, 0.29) is 5.56 Å². The van der Waals surface area contributed by atoms with Gasteiger partial charge in [-0.3, -0.25) is 14.2 Å². The van der Waals surface area contributed by atoms with Gasteiger partial charge in [0.2, 0.25) is 0 Å². The number of benzene rings is 2. The summed E-state index contributed by atoms with van der Waals surface area (Å²) in [4.78, 5) is 28.2. The molecular weight excluding hydrogens is 280 g/mol. The van der Waals surface area contributed by atoms with E-state index < -0.39 is 0 Å². The lowest BCUT2D eigenvalue weighted by atomic mass is 10.1. The molecule has 2 aromatic carbocycles. The fourth-order valence-corrected chi connectivity index (χ4v) is 2.48. The Bertz CT molecular complexity index is 929. The van der Waals surface area contributed by atoms with Crippen molar-refractivity contribution < 1.29 is 9.53 Å². The lowest BCUT2D eigenvalue weighted by Gasteiger charge is -2.10. The van der Waals surface area contributed by atoms with Crippen LogP contribution in [-0.2, 0) is 0 Å². The fraction of sp³-hybridized carbons (Fsp3) is 0.118. The molecule has 0 aliphatic heterocycles. The molecule has 1 aromatic heterocycles. The molecule has 1 heterocycles. The highest BCUT2D eigenvalue weighted by molar-refractivity contribution is 5.82. The van der Waals surface area contributed by atoms with Crippen molar-refractivity contribution in [1.82, 2.24) is 9.55 Å². The van der Waals surface area contributed by atoms with E-state index in [2.05, 4.69) is 4.98 Å². The quantitative estimate of drug-likeness (QED) is 0.696. The highest BCUT2D eigenvalue weighted by Gasteiger charge is 2.10. The Morgan fingerprint density at radius 2 is 2.05 bits per heavy atom. The van der Waals surface area contributed by atoms with Crippen molar-refractivity contribution in [2.75, 3.05) is 7.11 Å². The standard InChI is InChI=1S/C17H14N2O3/c1-11-4-3-5-14-16(11)17(21)19(10-18-14)13-6-7-15(22-2)12(8-13)9-20/h3-10H,1-2H3. The van der Waals surface area contributed by atoms with Crippen molar-refractivity contribution in [3.05, 3.63) is 64.2 Å². The second kappa shape index (κ2) is 5.44. The molecule has 0 atom stereocenters. The van der Waals surface area contributed by atoms with Gasteiger partial charge in [-0.2, -0.15) is 0 Å². The average molecular weight is 294 g/mol. The minimum atomic E-state index is -0.162. The van der Waals surface area contributed by atoms with Gasteiger partial charge in [-0.15, -0.1) is 0 Å². The van der Waals surface area contributed by atoms with Gasteiger partial charge in [0.25, 0.3) is 5.56 Å². The molecule has 0 unspecified atom stereocenters. The Labute approximate surface area is 126 Å². The molecule has 0 saturated heterocycles. The zero-order valence-corrected chi connectivity index (χ0v) is 12.2. The molecule has 22 heavy (non-hydrogen) atoms. The average Bonchev–Trinajstić information content (AvgIpc) is 2.54. The lowest BCUT2D eigenvalue weighted by Crippen LogP contribution is -2.19. The largest absolute Gasteiger partial charge is 0.496 e. The van der Waals surface area contributed by atoms with Crippen molar-refractivity contribution in [3.8, 4) is 11.4 Å². The van der Waals surface area contributed by atoms with E-state index in [4.69, 9.17) is 4.74 Å². The minimum Gasteiger partial charge on any atom is -0.496 e. The number of ether oxygens (including phenoxy) is 1. The zero-order valence-electron chi connectivity index (χ0n) is 12.2. The van der Waals surface area contributed by atoms with Crippen molar-refractivity contribution in [1.29, 1.82) is 0 Å². The molecule has 3 aromatic rings. The molecule has 3 rings (SSSR count). The van der Waals surface area contributed by atoms with Crippen molar-refractivity contribution in [2.24, 2.45) is 0 Å². The Balaban J connectivity index is 2.27. The van der Waals surface area contributed by atoms with Gasteiger partial charge in [-0.05, 0) is 36.8 Å². The number of hydrogen-bond donors (Lipinski definition) is 0. The van der Waals surface area contributed by atoms with E-state index in [1.807, 2.05) is 19.1 Å². The van der Waals surface area contributed by atoms with Crippen LogP contribution in [0.4, 0.5) is 0 Å². The number of carbonyl (C=O) groups excluding carboxylic acids is 1. The molecule has 0 aliphatic carbocycles. The van der Waals surface area contributed by atoms with Gasteiger partial charge in [-0.25, -0.2) is 4.98 Å². The van der Waals surface area contributed by atoms with Crippen LogP contribution in [0.15, 0.2) is 47.5 Å². The molecule has 0 bridgehead atoms. The topological polar surface area (TPSA) is 61.2 Å². The van der Waals surface area contributed by atoms with E-state index in [0.29, 0.717) is 34.2 Å². The summed E-state index contributed by atoms with van der Waals surface area (Å²) in [5.74, 6) is 0.469. The molecule has 0 aliphatic rings. The smallest absolute Gasteiger partial charge is 0.266 e. The Hall–Kier alpha value is -2.95. The first kappa shape index (κ1) is 14.0. The molecule has 0 amide bonds. The summed E-state index contributed by atoms with van der Waals surface area (Å²) in [6.45, 7) is 1.88. The molecule has 110 valence electrons. The maximum absolute atomic E-state index is 12.7. The molecule has 0 radical (unpaired) electrons. The summed E-state index contributed by atoms with van der Waals surface area (Å²) in [6.07, 6.45) is 2.17. The van der Waals surface area contributed by atoms with Crippen LogP contribution in [0.5, 0.6) is 5.75 Å². The van der Waals surface area contributed by atoms with Crippen molar-refractivity contribution in [3.63, 3.8) is 0 Å². The first-order valence-electron chi connectivity index (χ1n) is 6.76. The highest BCUT2D eigenvalue weighted by atomic mass is 16.5. The van der Waals surface area contributed by atoms with Crippen LogP contribution in [0.25, 0.3) is 16.6 Å². The summed E-state index contributed by atoms with van der Waals surface area (Å²) in [5.41, 5.74) is 2.33. The number of aldehydes is 1. The third-order valence-corrected chi connectivity index (χ3v) is 3.61. The number of hydrogen-bond acceptors (Lipinski definition) is 4. The predicted octanol–water partition coefficient (Wildman–Crippen LogP) is 2.52. The number of nitrogens with zero attached hydrogens (tertiary/aromatic N) is 2. The van der Waals surface area contributed by atoms with Gasteiger partial charge in [0.1, 0.15) is 12.1 Å². The molecule has 5 heteroatoms. The van der Waals surface area contributed by atoms with Gasteiger partial charge >= 0.3 is 0 Å². The van der Waals surface area contributed by atoms with E-state index in [0.717, 1.165) is 5.56 Å². The highest BCUT2D eigenvalue weighted by Crippen LogP contribution is 2.20. The minimum absolute atomic E-state index is 0.162. The van der Waals surface area contributed by atoms with Crippen LogP contribution in [0.3, 0.4) is 0 Å². The van der Waals surface area contributed by atoms with Crippen LogP contribution in [0.2, 0.25) is 0 Å². The first-order chi connectivity index (χ1) is 10.7. The van der Waals surface area contributed by atoms with Gasteiger partial charge in [0.05, 0.1) is 29.3 Å². The molecule has 0 N–H and O–H groups in total. The van der Waals surface area contributed by atoms with Crippen LogP contribution in [-0.4, -0.2) is 22.9 Å². The predicted molar refractivity (Wildman–Crippen MR) is 84.0 cm³/mol. The van der Waals surface area contributed by atoms with Crippen LogP contribution >= 0.6 is 0 Å². The van der Waals surface area contributed by atoms with E-state index in [9.17, 15) is 9.59 Å². The lowest BCUT2D eigenvalue weighted by molar-refractivity contribution is 0.112. The summed E-state index contributed by atoms with van der Waals surface area (Å²) >= 11 is 0. The molecular formula is C17H14N2O3. The molecule has 0 fully saturated rings. The number of fused-ring (bicyclic) bond motifs is 1. The van der Waals surface area contributed by atoms with Crippen molar-refractivity contribution in [2.45, 2.75) is 6.92 Å². The van der Waals surface area contributed by atoms with Crippen molar-refractivity contribution >= 4 is 17.2 Å². The fourth-order valence-electron chi connectivity index (χ4n) is 2.48.